The Bertz CT molecular complexity index is 622. The lowest BCUT2D eigenvalue weighted by atomic mass is 10.2. The molecule has 21 heavy (non-hydrogen) atoms. The largest absolute Gasteiger partial charge is 0.345 e. The molecule has 112 valence electrons. The van der Waals surface area contributed by atoms with Crippen LogP contribution < -0.4 is 10.2 Å². The molecule has 0 aliphatic carbocycles. The number of rotatable bonds is 4. The second kappa shape index (κ2) is 5.81. The number of pyridine rings is 1. The van der Waals surface area contributed by atoms with Gasteiger partial charge in [-0.15, -0.1) is 0 Å². The first kappa shape index (κ1) is 14.0. The van der Waals surface area contributed by atoms with E-state index in [1.165, 1.54) is 0 Å². The molecule has 0 unspecified atom stereocenters. The zero-order valence-electron chi connectivity index (χ0n) is 12.4. The smallest absolute Gasteiger partial charge is 0.170 e. The van der Waals surface area contributed by atoms with E-state index in [-0.39, 0.29) is 5.82 Å². The summed E-state index contributed by atoms with van der Waals surface area (Å²) in [5.41, 5.74) is 0.655. The van der Waals surface area contributed by atoms with Gasteiger partial charge in [0.1, 0.15) is 5.82 Å². The van der Waals surface area contributed by atoms with Crippen LogP contribution in [0.15, 0.2) is 24.7 Å². The van der Waals surface area contributed by atoms with Crippen LogP contribution in [0.5, 0.6) is 0 Å². The molecule has 0 bridgehead atoms. The van der Waals surface area contributed by atoms with E-state index in [4.69, 9.17) is 0 Å². The van der Waals surface area contributed by atoms with E-state index in [1.54, 1.807) is 18.5 Å². The molecule has 2 aromatic heterocycles. The molecule has 0 amide bonds. The van der Waals surface area contributed by atoms with Crippen LogP contribution in [-0.2, 0) is 19.6 Å². The van der Waals surface area contributed by atoms with Crippen molar-refractivity contribution in [3.8, 4) is 0 Å². The van der Waals surface area contributed by atoms with Gasteiger partial charge in [-0.3, -0.25) is 0 Å². The molecule has 0 fully saturated rings. The van der Waals surface area contributed by atoms with E-state index in [1.807, 2.05) is 24.9 Å². The van der Waals surface area contributed by atoms with Gasteiger partial charge >= 0.3 is 0 Å². The van der Waals surface area contributed by atoms with Crippen molar-refractivity contribution in [3.63, 3.8) is 0 Å². The van der Waals surface area contributed by atoms with Crippen LogP contribution in [0.1, 0.15) is 25.2 Å². The van der Waals surface area contributed by atoms with Gasteiger partial charge in [-0.05, 0) is 6.07 Å². The number of hydrogen-bond donors (Lipinski definition) is 1. The van der Waals surface area contributed by atoms with Gasteiger partial charge in [0.15, 0.2) is 11.6 Å². The molecule has 3 rings (SSSR count). The lowest BCUT2D eigenvalue weighted by Crippen LogP contribution is -2.35. The van der Waals surface area contributed by atoms with Gasteiger partial charge in [-0.25, -0.2) is 14.4 Å². The first-order valence-corrected chi connectivity index (χ1v) is 7.27. The predicted octanol–water partition coefficient (Wildman–Crippen LogP) is 1.94. The Kier molecular flexibility index (Phi) is 3.88. The van der Waals surface area contributed by atoms with Crippen LogP contribution in [0.2, 0.25) is 0 Å². The van der Waals surface area contributed by atoms with Crippen molar-refractivity contribution in [2.24, 2.45) is 0 Å². The third kappa shape index (κ3) is 2.90. The third-order valence-electron chi connectivity index (χ3n) is 3.70. The van der Waals surface area contributed by atoms with Gasteiger partial charge in [0.25, 0.3) is 0 Å². The topological polar surface area (TPSA) is 46.0 Å². The highest BCUT2D eigenvalue weighted by Gasteiger charge is 2.21. The van der Waals surface area contributed by atoms with Crippen molar-refractivity contribution in [3.05, 3.63) is 41.9 Å². The van der Waals surface area contributed by atoms with E-state index in [0.29, 0.717) is 30.5 Å². The number of anilines is 1. The summed E-state index contributed by atoms with van der Waals surface area (Å²) in [6.07, 6.45) is 5.42. The van der Waals surface area contributed by atoms with Crippen LogP contribution >= 0.6 is 0 Å². The molecule has 2 aromatic rings. The highest BCUT2D eigenvalue weighted by atomic mass is 19.1. The summed E-state index contributed by atoms with van der Waals surface area (Å²) in [6, 6.07) is 2.06. The van der Waals surface area contributed by atoms with Gasteiger partial charge in [0.05, 0.1) is 6.54 Å². The van der Waals surface area contributed by atoms with E-state index in [2.05, 4.69) is 19.9 Å². The zero-order chi connectivity index (χ0) is 14.8. The van der Waals surface area contributed by atoms with E-state index in [0.717, 1.165) is 18.9 Å². The monoisotopic (exact) mass is 289 g/mol. The van der Waals surface area contributed by atoms with E-state index < -0.39 is 0 Å². The van der Waals surface area contributed by atoms with Crippen molar-refractivity contribution in [1.82, 2.24) is 19.9 Å². The SMILES string of the molecule is CC(C)NCc1ccnc(N2CCn3ccnc3C2)c1F. The summed E-state index contributed by atoms with van der Waals surface area (Å²) in [5, 5.41) is 3.24. The van der Waals surface area contributed by atoms with Crippen LogP contribution in [-0.4, -0.2) is 27.1 Å². The molecule has 0 spiro atoms. The van der Waals surface area contributed by atoms with Crippen LogP contribution in [0, 0.1) is 5.82 Å². The number of fused-ring (bicyclic) bond motifs is 1. The average Bonchev–Trinajstić information content (AvgIpc) is 2.93. The third-order valence-corrected chi connectivity index (χ3v) is 3.70. The Balaban J connectivity index is 1.81. The van der Waals surface area contributed by atoms with E-state index in [9.17, 15) is 4.39 Å². The van der Waals surface area contributed by atoms with Gasteiger partial charge in [0, 0.05) is 49.8 Å². The lowest BCUT2D eigenvalue weighted by Gasteiger charge is -2.29. The van der Waals surface area contributed by atoms with E-state index >= 15 is 0 Å². The summed E-state index contributed by atoms with van der Waals surface area (Å²) in [5.74, 6) is 1.14. The summed E-state index contributed by atoms with van der Waals surface area (Å²) >= 11 is 0. The molecular formula is C15H20FN5. The average molecular weight is 289 g/mol. The van der Waals surface area contributed by atoms with Crippen molar-refractivity contribution >= 4 is 5.82 Å². The second-order valence-corrected chi connectivity index (χ2v) is 5.60. The van der Waals surface area contributed by atoms with Gasteiger partial charge < -0.3 is 14.8 Å². The number of aromatic nitrogens is 3. The number of nitrogens with one attached hydrogen (secondary N) is 1. The molecule has 0 atom stereocenters. The highest BCUT2D eigenvalue weighted by molar-refractivity contribution is 5.43. The molecule has 0 saturated carbocycles. The molecule has 5 nitrogen and oxygen atoms in total. The maximum absolute atomic E-state index is 14.6. The summed E-state index contributed by atoms with van der Waals surface area (Å²) in [7, 11) is 0. The number of imidazole rings is 1. The normalized spacial score (nSPS) is 14.6. The van der Waals surface area contributed by atoms with Crippen molar-refractivity contribution in [1.29, 1.82) is 0 Å². The molecule has 0 saturated heterocycles. The molecule has 1 aliphatic rings. The summed E-state index contributed by atoms with van der Waals surface area (Å²) in [6.45, 7) is 6.76. The quantitative estimate of drug-likeness (QED) is 0.934. The predicted molar refractivity (Wildman–Crippen MR) is 79.4 cm³/mol. The zero-order valence-corrected chi connectivity index (χ0v) is 12.4. The van der Waals surface area contributed by atoms with Crippen molar-refractivity contribution < 1.29 is 4.39 Å². The second-order valence-electron chi connectivity index (χ2n) is 5.60. The van der Waals surface area contributed by atoms with Crippen LogP contribution in [0.25, 0.3) is 0 Å². The first-order chi connectivity index (χ1) is 10.1. The van der Waals surface area contributed by atoms with Gasteiger partial charge in [-0.1, -0.05) is 13.8 Å². The minimum Gasteiger partial charge on any atom is -0.345 e. The summed E-state index contributed by atoms with van der Waals surface area (Å²) < 4.78 is 16.7. The van der Waals surface area contributed by atoms with Crippen molar-refractivity contribution in [2.45, 2.75) is 39.5 Å². The molecule has 1 N–H and O–H groups in total. The maximum Gasteiger partial charge on any atom is 0.170 e. The fourth-order valence-electron chi connectivity index (χ4n) is 2.50. The number of hydrogen-bond acceptors (Lipinski definition) is 4. The van der Waals surface area contributed by atoms with Crippen LogP contribution in [0.3, 0.4) is 0 Å². The number of halogens is 1. The Morgan fingerprint density at radius 3 is 2.95 bits per heavy atom. The minimum absolute atomic E-state index is 0.231. The maximum atomic E-state index is 14.6. The Morgan fingerprint density at radius 1 is 1.29 bits per heavy atom. The Morgan fingerprint density at radius 2 is 2.14 bits per heavy atom. The fraction of sp³-hybridized carbons (Fsp3) is 0.467. The molecule has 1 aliphatic heterocycles. The standard InChI is InChI=1S/C15H20FN5/c1-11(2)19-9-12-3-4-18-15(14(12)16)21-8-7-20-6-5-17-13(20)10-21/h3-6,11,19H,7-10H2,1-2H3. The van der Waals surface area contributed by atoms with Crippen molar-refractivity contribution in [2.75, 3.05) is 11.4 Å². The highest BCUT2D eigenvalue weighted by Crippen LogP contribution is 2.23. The van der Waals surface area contributed by atoms with Crippen LogP contribution in [0.4, 0.5) is 10.2 Å². The molecule has 3 heterocycles. The molecular weight excluding hydrogens is 269 g/mol. The van der Waals surface area contributed by atoms with Gasteiger partial charge in [0.2, 0.25) is 0 Å². The summed E-state index contributed by atoms with van der Waals surface area (Å²) in [4.78, 5) is 10.5. The Labute approximate surface area is 123 Å². The first-order valence-electron chi connectivity index (χ1n) is 7.27. The fourth-order valence-corrected chi connectivity index (χ4v) is 2.50. The molecule has 6 heteroatoms. The Hall–Kier alpha value is -1.95. The molecule has 0 radical (unpaired) electrons. The molecule has 0 aromatic carbocycles. The lowest BCUT2D eigenvalue weighted by molar-refractivity contribution is 0.523. The number of nitrogens with zero attached hydrogens (tertiary/aromatic N) is 4. The van der Waals surface area contributed by atoms with Gasteiger partial charge in [-0.2, -0.15) is 0 Å². The minimum atomic E-state index is -0.231.